The molecule has 9 nitrogen and oxygen atoms in total. The van der Waals surface area contributed by atoms with E-state index < -0.39 is 26.5 Å². The summed E-state index contributed by atoms with van der Waals surface area (Å²) in [6.45, 7) is 3.74. The molecule has 0 spiro atoms. The van der Waals surface area contributed by atoms with Crippen LogP contribution in [0.2, 0.25) is 0 Å². The van der Waals surface area contributed by atoms with Gasteiger partial charge in [-0.15, -0.1) is 0 Å². The van der Waals surface area contributed by atoms with Crippen molar-refractivity contribution in [3.05, 3.63) is 12.2 Å². The number of carbonyl (C=O) groups is 2. The standard InChI is InChI=1S/C48H94NO8P/c1-3-5-7-9-11-13-15-17-18-19-20-21-22-23-24-25-26-27-28-29-31-32-34-36-38-40-47(50)54-44-46(45-56-58(52,53)55-43-42-49)57-48(51)41-39-37-35-33-30-16-14-12-10-8-6-4-2/h12,14,46H,3-11,13,15-45,49H2,1-2H3,(H,52,53)/b14-12-. The molecule has 0 aliphatic rings. The van der Waals surface area contributed by atoms with Gasteiger partial charge in [-0.3, -0.25) is 18.6 Å². The van der Waals surface area contributed by atoms with Gasteiger partial charge in [0.2, 0.25) is 0 Å². The Morgan fingerprint density at radius 2 is 0.845 bits per heavy atom. The van der Waals surface area contributed by atoms with Crippen LogP contribution in [0.4, 0.5) is 0 Å². The second kappa shape index (κ2) is 45.3. The SMILES string of the molecule is CCCCC/C=C\CCCCCCCC(=O)OC(COC(=O)CCCCCCCCCCCCCCCCCCCCCCCCCCC)COP(=O)(O)OCCN. The van der Waals surface area contributed by atoms with E-state index in [1.165, 1.54) is 161 Å². The lowest BCUT2D eigenvalue weighted by Gasteiger charge is -2.19. The van der Waals surface area contributed by atoms with E-state index in [-0.39, 0.29) is 38.6 Å². The Labute approximate surface area is 358 Å². The molecule has 3 N–H and O–H groups in total. The van der Waals surface area contributed by atoms with Gasteiger partial charge in [0.05, 0.1) is 13.2 Å². The van der Waals surface area contributed by atoms with Gasteiger partial charge in [0, 0.05) is 19.4 Å². The molecule has 0 rings (SSSR count). The molecular weight excluding hydrogens is 750 g/mol. The average molecular weight is 844 g/mol. The number of hydrogen-bond donors (Lipinski definition) is 2. The van der Waals surface area contributed by atoms with E-state index in [0.29, 0.717) is 6.42 Å². The Balaban J connectivity index is 3.92. The summed E-state index contributed by atoms with van der Waals surface area (Å²) in [5.41, 5.74) is 5.35. The molecular formula is C48H94NO8P. The van der Waals surface area contributed by atoms with Crippen molar-refractivity contribution >= 4 is 19.8 Å². The molecule has 0 saturated heterocycles. The first-order valence-corrected chi connectivity index (χ1v) is 26.2. The summed E-state index contributed by atoms with van der Waals surface area (Å²) < 4.78 is 32.8. The number of nitrogens with two attached hydrogens (primary N) is 1. The fourth-order valence-electron chi connectivity index (χ4n) is 7.22. The number of rotatable bonds is 47. The van der Waals surface area contributed by atoms with Crippen molar-refractivity contribution in [3.8, 4) is 0 Å². The molecule has 0 fully saturated rings. The smallest absolute Gasteiger partial charge is 0.462 e. The van der Waals surface area contributed by atoms with Crippen LogP contribution in [0.5, 0.6) is 0 Å². The van der Waals surface area contributed by atoms with Crippen LogP contribution >= 0.6 is 7.82 Å². The molecule has 0 aromatic rings. The van der Waals surface area contributed by atoms with Crippen LogP contribution < -0.4 is 5.73 Å². The van der Waals surface area contributed by atoms with E-state index in [9.17, 15) is 19.0 Å². The average Bonchev–Trinajstić information content (AvgIpc) is 3.21. The Morgan fingerprint density at radius 3 is 1.26 bits per heavy atom. The molecule has 0 bridgehead atoms. The van der Waals surface area contributed by atoms with Crippen molar-refractivity contribution in [3.63, 3.8) is 0 Å². The molecule has 0 radical (unpaired) electrons. The number of unbranched alkanes of at least 4 members (excludes halogenated alkanes) is 32. The first-order valence-electron chi connectivity index (χ1n) is 24.7. The van der Waals surface area contributed by atoms with Crippen molar-refractivity contribution in [1.29, 1.82) is 0 Å². The second-order valence-corrected chi connectivity index (χ2v) is 18.1. The van der Waals surface area contributed by atoms with E-state index >= 15 is 0 Å². The maximum Gasteiger partial charge on any atom is 0.472 e. The van der Waals surface area contributed by atoms with Gasteiger partial charge in [-0.05, 0) is 38.5 Å². The Hall–Kier alpha value is -1.25. The molecule has 0 heterocycles. The summed E-state index contributed by atoms with van der Waals surface area (Å²) in [5.74, 6) is -0.826. The number of allylic oxidation sites excluding steroid dienone is 2. The Bertz CT molecular complexity index is 964. The van der Waals surface area contributed by atoms with E-state index in [2.05, 4.69) is 26.0 Å². The molecule has 0 aliphatic carbocycles. The van der Waals surface area contributed by atoms with Gasteiger partial charge in [0.15, 0.2) is 6.10 Å². The van der Waals surface area contributed by atoms with Crippen LogP contribution in [0.15, 0.2) is 12.2 Å². The molecule has 2 unspecified atom stereocenters. The van der Waals surface area contributed by atoms with Gasteiger partial charge in [0.1, 0.15) is 6.61 Å². The van der Waals surface area contributed by atoms with Crippen LogP contribution in [-0.2, 0) is 32.7 Å². The van der Waals surface area contributed by atoms with Gasteiger partial charge in [0.25, 0.3) is 0 Å². The highest BCUT2D eigenvalue weighted by Gasteiger charge is 2.26. The van der Waals surface area contributed by atoms with Gasteiger partial charge in [-0.1, -0.05) is 212 Å². The Kier molecular flexibility index (Phi) is 44.3. The van der Waals surface area contributed by atoms with E-state index in [0.717, 1.165) is 57.8 Å². The zero-order valence-corrected chi connectivity index (χ0v) is 38.9. The fourth-order valence-corrected chi connectivity index (χ4v) is 7.99. The third-order valence-corrected chi connectivity index (χ3v) is 11.9. The molecule has 10 heteroatoms. The highest BCUT2D eigenvalue weighted by atomic mass is 31.2. The van der Waals surface area contributed by atoms with Crippen molar-refractivity contribution in [2.45, 2.75) is 258 Å². The Morgan fingerprint density at radius 1 is 0.500 bits per heavy atom. The number of phosphoric acid groups is 1. The summed E-state index contributed by atoms with van der Waals surface area (Å²) >= 11 is 0. The van der Waals surface area contributed by atoms with Crippen LogP contribution in [0.1, 0.15) is 251 Å². The van der Waals surface area contributed by atoms with Gasteiger partial charge in [-0.2, -0.15) is 0 Å². The lowest BCUT2D eigenvalue weighted by Crippen LogP contribution is -2.29. The summed E-state index contributed by atoms with van der Waals surface area (Å²) in [6.07, 6.45) is 48.4. The number of carbonyl (C=O) groups excluding carboxylic acids is 2. The van der Waals surface area contributed by atoms with Crippen molar-refractivity contribution in [1.82, 2.24) is 0 Å². The summed E-state index contributed by atoms with van der Waals surface area (Å²) in [5, 5.41) is 0. The summed E-state index contributed by atoms with van der Waals surface area (Å²) in [7, 11) is -4.37. The van der Waals surface area contributed by atoms with Gasteiger partial charge in [-0.25, -0.2) is 4.57 Å². The quantitative estimate of drug-likeness (QED) is 0.0266. The molecule has 0 aromatic carbocycles. The van der Waals surface area contributed by atoms with Crippen molar-refractivity contribution < 1.29 is 37.6 Å². The molecule has 0 aliphatic heterocycles. The first kappa shape index (κ1) is 56.8. The zero-order chi connectivity index (χ0) is 42.5. The van der Waals surface area contributed by atoms with Crippen LogP contribution in [0.25, 0.3) is 0 Å². The minimum absolute atomic E-state index is 0.0549. The number of phosphoric ester groups is 1. The molecule has 0 saturated carbocycles. The third-order valence-electron chi connectivity index (χ3n) is 10.9. The maximum atomic E-state index is 12.6. The number of hydrogen-bond acceptors (Lipinski definition) is 8. The van der Waals surface area contributed by atoms with E-state index in [4.69, 9.17) is 24.3 Å². The minimum Gasteiger partial charge on any atom is -0.462 e. The molecule has 2 atom stereocenters. The first-order chi connectivity index (χ1) is 28.3. The van der Waals surface area contributed by atoms with Crippen molar-refractivity contribution in [2.75, 3.05) is 26.4 Å². The van der Waals surface area contributed by atoms with Gasteiger partial charge < -0.3 is 20.1 Å². The predicted octanol–water partition coefficient (Wildman–Crippen LogP) is 14.6. The predicted molar refractivity (Wildman–Crippen MR) is 243 cm³/mol. The topological polar surface area (TPSA) is 134 Å². The van der Waals surface area contributed by atoms with E-state index in [1.807, 2.05) is 0 Å². The lowest BCUT2D eigenvalue weighted by atomic mass is 10.0. The largest absolute Gasteiger partial charge is 0.472 e. The van der Waals surface area contributed by atoms with Crippen LogP contribution in [0.3, 0.4) is 0 Å². The summed E-state index contributed by atoms with van der Waals surface area (Å²) in [4.78, 5) is 34.9. The van der Waals surface area contributed by atoms with Crippen LogP contribution in [-0.4, -0.2) is 49.3 Å². The lowest BCUT2D eigenvalue weighted by molar-refractivity contribution is -0.161. The highest BCUT2D eigenvalue weighted by Crippen LogP contribution is 2.43. The van der Waals surface area contributed by atoms with Crippen molar-refractivity contribution in [2.24, 2.45) is 5.73 Å². The van der Waals surface area contributed by atoms with Gasteiger partial charge >= 0.3 is 19.8 Å². The third kappa shape index (κ3) is 44.3. The summed E-state index contributed by atoms with van der Waals surface area (Å²) in [6, 6.07) is 0. The molecule has 0 aromatic heterocycles. The molecule has 58 heavy (non-hydrogen) atoms. The number of ether oxygens (including phenoxy) is 2. The maximum absolute atomic E-state index is 12.6. The second-order valence-electron chi connectivity index (χ2n) is 16.7. The fraction of sp³-hybridized carbons (Fsp3) is 0.917. The normalized spacial score (nSPS) is 13.2. The number of esters is 2. The zero-order valence-electron chi connectivity index (χ0n) is 38.1. The highest BCUT2D eigenvalue weighted by molar-refractivity contribution is 7.47. The van der Waals surface area contributed by atoms with Crippen LogP contribution in [0, 0.1) is 0 Å². The molecule has 344 valence electrons. The van der Waals surface area contributed by atoms with E-state index in [1.54, 1.807) is 0 Å². The minimum atomic E-state index is -4.37. The molecule has 0 amide bonds. The monoisotopic (exact) mass is 844 g/mol.